The number of nitrogens with two attached hydrogens (primary N) is 2. The summed E-state index contributed by atoms with van der Waals surface area (Å²) in [7, 11) is 0. The standard InChI is InChI=1S/2C7H9NO2S/c2*8-6(7(9)10)4-5-2-1-3-11-5/h2*1-3,6H,4,8H2,(H,9,10)/t6-;/m1./s1. The number of carboxylic acid groups (broad SMARTS) is 2. The maximum atomic E-state index is 10.3. The molecule has 120 valence electrons. The van der Waals surface area contributed by atoms with Gasteiger partial charge in [-0.25, -0.2) is 0 Å². The lowest BCUT2D eigenvalue weighted by Gasteiger charge is -2.02. The lowest BCUT2D eigenvalue weighted by atomic mass is 10.2. The second-order valence-corrected chi connectivity index (χ2v) is 6.52. The summed E-state index contributed by atoms with van der Waals surface area (Å²) >= 11 is 3.05. The molecular formula is C14H18N2O4S2. The molecule has 0 saturated carbocycles. The molecule has 0 radical (unpaired) electrons. The van der Waals surface area contributed by atoms with E-state index in [0.717, 1.165) is 9.75 Å². The van der Waals surface area contributed by atoms with Gasteiger partial charge in [0.15, 0.2) is 0 Å². The Kier molecular flexibility index (Phi) is 7.75. The van der Waals surface area contributed by atoms with Gasteiger partial charge < -0.3 is 21.7 Å². The average molecular weight is 342 g/mol. The number of carboxylic acids is 2. The fourth-order valence-corrected chi connectivity index (χ4v) is 3.00. The van der Waals surface area contributed by atoms with Gasteiger partial charge in [0.05, 0.1) is 0 Å². The molecule has 22 heavy (non-hydrogen) atoms. The Morgan fingerprint density at radius 2 is 1.27 bits per heavy atom. The zero-order chi connectivity index (χ0) is 16.5. The number of hydrogen-bond acceptors (Lipinski definition) is 6. The van der Waals surface area contributed by atoms with Crippen molar-refractivity contribution in [3.8, 4) is 0 Å². The van der Waals surface area contributed by atoms with Gasteiger partial charge in [0.25, 0.3) is 0 Å². The zero-order valence-corrected chi connectivity index (χ0v) is 13.3. The minimum Gasteiger partial charge on any atom is -0.480 e. The number of thiophene rings is 2. The first kappa shape index (κ1) is 18.3. The van der Waals surface area contributed by atoms with Crippen molar-refractivity contribution < 1.29 is 19.8 Å². The van der Waals surface area contributed by atoms with Crippen molar-refractivity contribution in [2.75, 3.05) is 0 Å². The van der Waals surface area contributed by atoms with Crippen LogP contribution in [0.4, 0.5) is 0 Å². The van der Waals surface area contributed by atoms with Crippen LogP contribution in [0.25, 0.3) is 0 Å². The molecule has 8 heteroatoms. The van der Waals surface area contributed by atoms with Crippen LogP contribution in [-0.4, -0.2) is 34.2 Å². The van der Waals surface area contributed by atoms with E-state index in [1.54, 1.807) is 0 Å². The topological polar surface area (TPSA) is 127 Å². The number of hydrogen-bond donors (Lipinski definition) is 4. The zero-order valence-electron chi connectivity index (χ0n) is 11.7. The predicted octanol–water partition coefficient (Wildman–Crippen LogP) is 1.40. The molecule has 0 aliphatic heterocycles. The molecule has 6 N–H and O–H groups in total. The van der Waals surface area contributed by atoms with Gasteiger partial charge in [0, 0.05) is 22.6 Å². The minimum absolute atomic E-state index is 0.424. The summed E-state index contributed by atoms with van der Waals surface area (Å²) in [5.74, 6) is -1.89. The van der Waals surface area contributed by atoms with Gasteiger partial charge in [-0.1, -0.05) is 12.1 Å². The number of carbonyl (C=O) groups is 2. The highest BCUT2D eigenvalue weighted by Gasteiger charge is 2.12. The van der Waals surface area contributed by atoms with Crippen LogP contribution in [-0.2, 0) is 22.4 Å². The summed E-state index contributed by atoms with van der Waals surface area (Å²) in [6.07, 6.45) is 0.847. The molecule has 0 aromatic carbocycles. The fraction of sp³-hybridized carbons (Fsp3) is 0.286. The SMILES string of the molecule is NC(Cc1cccs1)C(=O)O.N[C@H](Cc1cccs1)C(=O)O. The summed E-state index contributed by atoms with van der Waals surface area (Å²) in [4.78, 5) is 22.6. The van der Waals surface area contributed by atoms with Crippen molar-refractivity contribution in [1.82, 2.24) is 0 Å². The molecule has 2 heterocycles. The van der Waals surface area contributed by atoms with E-state index < -0.39 is 24.0 Å². The number of rotatable bonds is 6. The smallest absolute Gasteiger partial charge is 0.320 e. The predicted molar refractivity (Wildman–Crippen MR) is 87.3 cm³/mol. The molecule has 1 unspecified atom stereocenters. The van der Waals surface area contributed by atoms with E-state index in [4.69, 9.17) is 21.7 Å². The van der Waals surface area contributed by atoms with E-state index >= 15 is 0 Å². The van der Waals surface area contributed by atoms with Gasteiger partial charge >= 0.3 is 11.9 Å². The Labute approximate surface area is 136 Å². The van der Waals surface area contributed by atoms with Crippen LogP contribution in [0.1, 0.15) is 9.75 Å². The van der Waals surface area contributed by atoms with E-state index in [1.165, 1.54) is 22.7 Å². The van der Waals surface area contributed by atoms with E-state index in [0.29, 0.717) is 12.8 Å². The molecule has 0 saturated heterocycles. The first-order valence-corrected chi connectivity index (χ1v) is 8.17. The Bertz CT molecular complexity index is 517. The molecule has 2 rings (SSSR count). The summed E-state index contributed by atoms with van der Waals surface area (Å²) in [6, 6.07) is 5.99. The highest BCUT2D eigenvalue weighted by atomic mass is 32.1. The van der Waals surface area contributed by atoms with Crippen LogP contribution >= 0.6 is 22.7 Å². The highest BCUT2D eigenvalue weighted by Crippen LogP contribution is 2.10. The number of aliphatic carboxylic acids is 2. The summed E-state index contributed by atoms with van der Waals surface area (Å²) in [6.45, 7) is 0. The van der Waals surface area contributed by atoms with Gasteiger partial charge in [-0.05, 0) is 22.9 Å². The fourth-order valence-electron chi connectivity index (χ4n) is 1.47. The van der Waals surface area contributed by atoms with Crippen LogP contribution in [0.2, 0.25) is 0 Å². The molecule has 6 nitrogen and oxygen atoms in total. The normalized spacial score (nSPS) is 12.8. The summed E-state index contributed by atoms with van der Waals surface area (Å²) in [5, 5.41) is 20.7. The van der Waals surface area contributed by atoms with Crippen LogP contribution in [0.5, 0.6) is 0 Å². The van der Waals surface area contributed by atoms with Crippen molar-refractivity contribution >= 4 is 34.6 Å². The Hall–Kier alpha value is -1.74. The second kappa shape index (κ2) is 9.31. The van der Waals surface area contributed by atoms with Crippen LogP contribution < -0.4 is 11.5 Å². The largest absolute Gasteiger partial charge is 0.480 e. The molecule has 2 atom stereocenters. The molecule has 0 fully saturated rings. The maximum absolute atomic E-state index is 10.3. The monoisotopic (exact) mass is 342 g/mol. The second-order valence-electron chi connectivity index (χ2n) is 4.46. The van der Waals surface area contributed by atoms with Crippen LogP contribution in [0.15, 0.2) is 35.0 Å². The van der Waals surface area contributed by atoms with Crippen LogP contribution in [0.3, 0.4) is 0 Å². The molecule has 2 aromatic heterocycles. The van der Waals surface area contributed by atoms with Gasteiger partial charge in [0.2, 0.25) is 0 Å². The first-order chi connectivity index (χ1) is 10.4. The van der Waals surface area contributed by atoms with E-state index in [1.807, 2.05) is 35.0 Å². The molecule has 0 amide bonds. The third kappa shape index (κ3) is 6.81. The maximum Gasteiger partial charge on any atom is 0.320 e. The highest BCUT2D eigenvalue weighted by molar-refractivity contribution is 7.10. The minimum atomic E-state index is -0.946. The molecular weight excluding hydrogens is 324 g/mol. The van der Waals surface area contributed by atoms with Crippen molar-refractivity contribution in [2.45, 2.75) is 24.9 Å². The third-order valence-electron chi connectivity index (χ3n) is 2.64. The van der Waals surface area contributed by atoms with Gasteiger partial charge in [-0.2, -0.15) is 0 Å². The molecule has 2 aromatic rings. The Morgan fingerprint density at radius 3 is 1.50 bits per heavy atom. The Balaban J connectivity index is 0.000000220. The van der Waals surface area contributed by atoms with Gasteiger partial charge in [-0.3, -0.25) is 9.59 Å². The van der Waals surface area contributed by atoms with E-state index in [2.05, 4.69) is 0 Å². The van der Waals surface area contributed by atoms with Crippen molar-refractivity contribution in [1.29, 1.82) is 0 Å². The van der Waals surface area contributed by atoms with Crippen molar-refractivity contribution in [3.63, 3.8) is 0 Å². The lowest BCUT2D eigenvalue weighted by molar-refractivity contribution is -0.139. The van der Waals surface area contributed by atoms with Crippen molar-refractivity contribution in [3.05, 3.63) is 44.8 Å². The first-order valence-electron chi connectivity index (χ1n) is 6.41. The molecule has 0 bridgehead atoms. The molecule has 0 spiro atoms. The summed E-state index contributed by atoms with van der Waals surface area (Å²) in [5.41, 5.74) is 10.6. The van der Waals surface area contributed by atoms with Crippen molar-refractivity contribution in [2.24, 2.45) is 11.5 Å². The molecule has 0 aliphatic rings. The van der Waals surface area contributed by atoms with E-state index in [9.17, 15) is 9.59 Å². The van der Waals surface area contributed by atoms with Gasteiger partial charge in [0.1, 0.15) is 12.1 Å². The lowest BCUT2D eigenvalue weighted by Crippen LogP contribution is -2.31. The van der Waals surface area contributed by atoms with Crippen LogP contribution in [0, 0.1) is 0 Å². The van der Waals surface area contributed by atoms with E-state index in [-0.39, 0.29) is 0 Å². The Morgan fingerprint density at radius 1 is 0.909 bits per heavy atom. The summed E-state index contributed by atoms with van der Waals surface area (Å²) < 4.78 is 0. The molecule has 0 aliphatic carbocycles. The third-order valence-corrected chi connectivity index (χ3v) is 4.43. The van der Waals surface area contributed by atoms with Gasteiger partial charge in [-0.15, -0.1) is 22.7 Å². The quantitative estimate of drug-likeness (QED) is 0.628. The average Bonchev–Trinajstić information content (AvgIpc) is 3.12.